The van der Waals surface area contributed by atoms with Crippen molar-refractivity contribution in [3.05, 3.63) is 10.4 Å². The van der Waals surface area contributed by atoms with E-state index in [4.69, 9.17) is 44.0 Å². The summed E-state index contributed by atoms with van der Waals surface area (Å²) in [7, 11) is -3.47. The molecule has 7 atom stereocenters. The Hall–Kier alpha value is -4.43. The Morgan fingerprint density at radius 2 is 1.04 bits per heavy atom. The Morgan fingerprint density at radius 1 is 0.603 bits per heavy atom. The van der Waals surface area contributed by atoms with Gasteiger partial charge in [-0.25, -0.2) is 19.2 Å². The normalized spacial score (nSPS) is 24.8. The Labute approximate surface area is 432 Å². The average Bonchev–Trinajstić information content (AvgIpc) is 4.07. The molecule has 6 aliphatic heterocycles. The van der Waals surface area contributed by atoms with Crippen molar-refractivity contribution < 1.29 is 75.9 Å². The number of ether oxygens (including phenoxy) is 4. The van der Waals surface area contributed by atoms with Crippen LogP contribution in [0.25, 0.3) is 10.4 Å². The van der Waals surface area contributed by atoms with Crippen molar-refractivity contribution in [3.8, 4) is 0 Å². The summed E-state index contributed by atoms with van der Waals surface area (Å²) < 4.78 is 47.5. The van der Waals surface area contributed by atoms with E-state index in [0.29, 0.717) is 70.9 Å². The first-order valence-electron chi connectivity index (χ1n) is 24.9. The highest BCUT2D eigenvalue weighted by molar-refractivity contribution is 7.86. The molecule has 7 unspecified atom stereocenters. The summed E-state index contributed by atoms with van der Waals surface area (Å²) in [6.07, 6.45) is 2.57. The lowest BCUT2D eigenvalue weighted by Crippen LogP contribution is -2.36. The number of β-amino-alcohol motifs (C(OH)–C–C–N with tert-alkyl or cyclic N) is 3. The average molecular weight is 1070 g/mol. The van der Waals surface area contributed by atoms with Gasteiger partial charge in [0, 0.05) is 70.2 Å². The molecule has 0 radical (unpaired) electrons. The van der Waals surface area contributed by atoms with E-state index in [0.717, 1.165) is 45.3 Å². The number of hydrogen-bond donors (Lipinski definition) is 6. The molecule has 6 N–H and O–H groups in total. The lowest BCUT2D eigenvalue weighted by Gasteiger charge is -2.24. The minimum Gasteiger partial charge on any atom is -0.480 e. The van der Waals surface area contributed by atoms with Gasteiger partial charge in [0.1, 0.15) is 28.4 Å². The van der Waals surface area contributed by atoms with E-state index < -0.39 is 57.2 Å². The molecule has 6 heterocycles. The van der Waals surface area contributed by atoms with E-state index in [9.17, 15) is 37.5 Å². The molecule has 4 amide bonds. The number of likely N-dealkylation sites (tertiary alicyclic amines) is 4. The minimum atomic E-state index is -3.47. The molecule has 26 heteroatoms. The first kappa shape index (κ1) is 66.6. The van der Waals surface area contributed by atoms with Gasteiger partial charge in [-0.05, 0) is 133 Å². The van der Waals surface area contributed by atoms with Crippen molar-refractivity contribution in [2.75, 3.05) is 78.2 Å². The van der Waals surface area contributed by atoms with Gasteiger partial charge in [-0.1, -0.05) is 12.0 Å². The number of aliphatic hydroxyl groups excluding tert-OH is 3. The van der Waals surface area contributed by atoms with Crippen LogP contribution in [0.5, 0.6) is 0 Å². The van der Waals surface area contributed by atoms with E-state index in [1.165, 1.54) is 9.80 Å². The van der Waals surface area contributed by atoms with Crippen LogP contribution in [0, 0.1) is 5.92 Å². The summed E-state index contributed by atoms with van der Waals surface area (Å²) in [6, 6.07) is -0.650. The van der Waals surface area contributed by atoms with Crippen LogP contribution < -0.4 is 10.6 Å². The van der Waals surface area contributed by atoms with Crippen LogP contribution in [0.15, 0.2) is 5.11 Å². The standard InChI is InChI=1S/C10H19NO5S.C10H19NO2.C9H16N4O2.C9H17NO3.C5H9NO3.C4H9NO/c1-10(2,3)15-9(12)11-6-5-8(7-11)16-17(4,13)14;1-8-5-6-11(7-8)9(12)13-10(2,3)4;1-9(2,3)15-8(14)13-5-4-7(6-13)11-12-10;1-9(2,3)13-8(12)10-5-4-7(11)6-10;7-3-1-4(5(8)9)6-2-3;6-4-1-2-5-3-4/h8H,5-7H2,1-4H3;8H,5-7H2,1-4H3;7H,4-6H2,1-3H3;7,11H,4-6H2,1-3H3;3-4,6-7H,1-2H2,(H,8,9);4-6H,1-3H2. The minimum absolute atomic E-state index is 0.0648. The molecule has 0 aromatic rings. The fourth-order valence-corrected chi connectivity index (χ4v) is 7.81. The molecular formula is C47H89N9O16S. The molecule has 0 aromatic heterocycles. The fraction of sp³-hybridized carbons (Fsp3) is 0.894. The van der Waals surface area contributed by atoms with E-state index in [-0.39, 0.29) is 48.7 Å². The molecule has 6 fully saturated rings. The lowest BCUT2D eigenvalue weighted by molar-refractivity contribution is -0.139. The number of aliphatic hydroxyl groups is 3. The van der Waals surface area contributed by atoms with Gasteiger partial charge in [-0.3, -0.25) is 8.98 Å². The summed E-state index contributed by atoms with van der Waals surface area (Å²) in [5.41, 5.74) is 6.41. The maximum atomic E-state index is 11.7. The zero-order chi connectivity index (χ0) is 56.1. The largest absolute Gasteiger partial charge is 0.480 e. The van der Waals surface area contributed by atoms with Crippen molar-refractivity contribution in [1.29, 1.82) is 0 Å². The molecule has 25 nitrogen and oxygen atoms in total. The van der Waals surface area contributed by atoms with Gasteiger partial charge < -0.3 is 69.6 Å². The molecule has 0 spiro atoms. The van der Waals surface area contributed by atoms with Crippen molar-refractivity contribution in [3.63, 3.8) is 0 Å². The molecule has 0 aliphatic carbocycles. The third kappa shape index (κ3) is 31.8. The van der Waals surface area contributed by atoms with Gasteiger partial charge in [-0.15, -0.1) is 0 Å². The molecule has 73 heavy (non-hydrogen) atoms. The first-order valence-corrected chi connectivity index (χ1v) is 26.7. The maximum Gasteiger partial charge on any atom is 0.410 e. The Kier molecular flexibility index (Phi) is 27.5. The summed E-state index contributed by atoms with van der Waals surface area (Å²) in [5.74, 6) is -0.265. The van der Waals surface area contributed by atoms with Crippen LogP contribution >= 0.6 is 0 Å². The van der Waals surface area contributed by atoms with E-state index in [1.54, 1.807) is 30.6 Å². The number of carbonyl (C=O) groups is 5. The highest BCUT2D eigenvalue weighted by Crippen LogP contribution is 2.21. The molecule has 6 aliphatic rings. The lowest BCUT2D eigenvalue weighted by atomic mass is 10.2. The van der Waals surface area contributed by atoms with E-state index >= 15 is 0 Å². The van der Waals surface area contributed by atoms with Gasteiger partial charge in [0.05, 0.1) is 43.3 Å². The smallest absolute Gasteiger partial charge is 0.410 e. The zero-order valence-electron chi connectivity index (χ0n) is 45.8. The molecule has 6 saturated heterocycles. The second kappa shape index (κ2) is 30.2. The van der Waals surface area contributed by atoms with Gasteiger partial charge in [0.2, 0.25) is 0 Å². The van der Waals surface area contributed by atoms with Gasteiger partial charge in [-0.2, -0.15) is 8.42 Å². The fourth-order valence-electron chi connectivity index (χ4n) is 7.15. The van der Waals surface area contributed by atoms with Crippen molar-refractivity contribution in [1.82, 2.24) is 30.2 Å². The number of aliphatic carboxylic acids is 1. The van der Waals surface area contributed by atoms with E-state index in [1.807, 2.05) is 62.3 Å². The molecular weight excluding hydrogens is 979 g/mol. The molecule has 6 rings (SSSR count). The number of azide groups is 1. The maximum absolute atomic E-state index is 11.7. The summed E-state index contributed by atoms with van der Waals surface area (Å²) in [4.78, 5) is 65.4. The number of carboxylic acid groups (broad SMARTS) is 1. The van der Waals surface area contributed by atoms with Crippen LogP contribution in [0.3, 0.4) is 0 Å². The molecule has 0 saturated carbocycles. The Balaban J connectivity index is 0.000000447. The zero-order valence-corrected chi connectivity index (χ0v) is 46.6. The van der Waals surface area contributed by atoms with Gasteiger partial charge >= 0.3 is 30.3 Å². The van der Waals surface area contributed by atoms with Gasteiger partial charge in [0.15, 0.2) is 0 Å². The van der Waals surface area contributed by atoms with Crippen LogP contribution in [-0.2, 0) is 38.0 Å². The molecule has 0 bridgehead atoms. The van der Waals surface area contributed by atoms with Crippen molar-refractivity contribution >= 4 is 40.5 Å². The number of carboxylic acids is 1. The molecule has 0 aromatic carbocycles. The molecule has 424 valence electrons. The predicted molar refractivity (Wildman–Crippen MR) is 271 cm³/mol. The third-order valence-electron chi connectivity index (χ3n) is 10.5. The van der Waals surface area contributed by atoms with Crippen molar-refractivity contribution in [2.45, 2.75) is 187 Å². The SMILES string of the molecule is CC(C)(C)OC(=O)N1CCC(N=[N+]=[N-])C1.CC(C)(C)OC(=O)N1CCC(O)C1.CC(C)(C)OC(=O)N1CCC(OS(C)(=O)=O)C1.CC1CCN(C(=O)OC(C)(C)C)C1.O=C(O)C1CC(O)CN1.OC1CCNC1. The number of carbonyl (C=O) groups excluding carboxylic acids is 4. The second-order valence-corrected chi connectivity index (χ2v) is 24.3. The quantitative estimate of drug-likeness (QED) is 0.0733. The monoisotopic (exact) mass is 1070 g/mol. The van der Waals surface area contributed by atoms with Gasteiger partial charge in [0.25, 0.3) is 10.1 Å². The predicted octanol–water partition coefficient (Wildman–Crippen LogP) is 4.66. The number of hydrogen-bond acceptors (Lipinski definition) is 18. The summed E-state index contributed by atoms with van der Waals surface area (Å²) in [5, 5.41) is 44.3. The van der Waals surface area contributed by atoms with Crippen LogP contribution in [0.4, 0.5) is 19.2 Å². The Morgan fingerprint density at radius 3 is 1.36 bits per heavy atom. The third-order valence-corrected chi connectivity index (χ3v) is 11.1. The van der Waals surface area contributed by atoms with Crippen molar-refractivity contribution in [2.24, 2.45) is 11.0 Å². The number of amides is 4. The highest BCUT2D eigenvalue weighted by Gasteiger charge is 2.33. The topological polar surface area (TPSA) is 332 Å². The number of rotatable bonds is 4. The second-order valence-electron chi connectivity index (χ2n) is 22.7. The van der Waals surface area contributed by atoms with Crippen LogP contribution in [-0.4, -0.2) is 216 Å². The summed E-state index contributed by atoms with van der Waals surface area (Å²) >= 11 is 0. The van der Waals surface area contributed by atoms with Crippen LogP contribution in [0.2, 0.25) is 0 Å². The number of nitrogens with zero attached hydrogens (tertiary/aromatic N) is 7. The Bertz CT molecular complexity index is 1850. The first-order chi connectivity index (χ1) is 33.3. The van der Waals surface area contributed by atoms with Crippen LogP contribution in [0.1, 0.15) is 129 Å². The summed E-state index contributed by atoms with van der Waals surface area (Å²) in [6.45, 7) is 30.8. The van der Waals surface area contributed by atoms with E-state index in [2.05, 4.69) is 27.6 Å². The number of nitrogens with one attached hydrogen (secondary N) is 2. The highest BCUT2D eigenvalue weighted by atomic mass is 32.2.